The fraction of sp³-hybridized carbons (Fsp3) is 0.435. The SMILES string of the molecule is CCCCCCCCCn1c(-c2cccc(OC)c2)nc2ccccc21. The quantitative estimate of drug-likeness (QED) is 0.392. The minimum atomic E-state index is 0.872. The van der Waals surface area contributed by atoms with Gasteiger partial charge in [0.25, 0.3) is 0 Å². The largest absolute Gasteiger partial charge is 0.497 e. The Bertz CT molecular complexity index is 822. The van der Waals surface area contributed by atoms with E-state index in [1.54, 1.807) is 7.11 Å². The van der Waals surface area contributed by atoms with Gasteiger partial charge >= 0.3 is 0 Å². The predicted molar refractivity (Wildman–Crippen MR) is 110 cm³/mol. The lowest BCUT2D eigenvalue weighted by Gasteiger charge is -2.10. The van der Waals surface area contributed by atoms with Crippen LogP contribution in [0.5, 0.6) is 5.75 Å². The third-order valence-corrected chi connectivity index (χ3v) is 4.97. The van der Waals surface area contributed by atoms with Crippen molar-refractivity contribution in [2.75, 3.05) is 7.11 Å². The number of benzene rings is 2. The fourth-order valence-electron chi connectivity index (χ4n) is 3.51. The summed E-state index contributed by atoms with van der Waals surface area (Å²) < 4.78 is 7.77. The molecule has 0 aliphatic rings. The molecule has 0 saturated heterocycles. The molecule has 0 radical (unpaired) electrons. The summed E-state index contributed by atoms with van der Waals surface area (Å²) >= 11 is 0. The van der Waals surface area contributed by atoms with Gasteiger partial charge in [-0.3, -0.25) is 0 Å². The monoisotopic (exact) mass is 350 g/mol. The molecule has 0 atom stereocenters. The van der Waals surface area contributed by atoms with Crippen LogP contribution in [-0.4, -0.2) is 16.7 Å². The normalized spacial score (nSPS) is 11.2. The van der Waals surface area contributed by atoms with E-state index in [2.05, 4.69) is 47.9 Å². The van der Waals surface area contributed by atoms with E-state index in [-0.39, 0.29) is 0 Å². The smallest absolute Gasteiger partial charge is 0.141 e. The van der Waals surface area contributed by atoms with Gasteiger partial charge in [-0.05, 0) is 30.7 Å². The molecule has 2 aromatic carbocycles. The van der Waals surface area contributed by atoms with Gasteiger partial charge in [0, 0.05) is 12.1 Å². The molecule has 3 aromatic rings. The van der Waals surface area contributed by atoms with Crippen LogP contribution in [0.15, 0.2) is 48.5 Å². The van der Waals surface area contributed by atoms with Crippen molar-refractivity contribution in [1.82, 2.24) is 9.55 Å². The van der Waals surface area contributed by atoms with Crippen LogP contribution in [0.3, 0.4) is 0 Å². The molecule has 0 saturated carbocycles. The van der Waals surface area contributed by atoms with Crippen LogP contribution < -0.4 is 4.74 Å². The number of hydrogen-bond donors (Lipinski definition) is 0. The molecule has 1 aromatic heterocycles. The molecule has 0 N–H and O–H groups in total. The van der Waals surface area contributed by atoms with E-state index in [9.17, 15) is 0 Å². The Labute approximate surface area is 157 Å². The van der Waals surface area contributed by atoms with Crippen molar-refractivity contribution in [2.45, 2.75) is 58.4 Å². The first-order valence-electron chi connectivity index (χ1n) is 9.93. The van der Waals surface area contributed by atoms with E-state index in [4.69, 9.17) is 9.72 Å². The summed E-state index contributed by atoms with van der Waals surface area (Å²) in [4.78, 5) is 4.91. The number of imidazole rings is 1. The minimum absolute atomic E-state index is 0.872. The molecule has 1 heterocycles. The molecule has 0 aliphatic carbocycles. The zero-order valence-electron chi connectivity index (χ0n) is 16.1. The average Bonchev–Trinajstić information content (AvgIpc) is 3.06. The van der Waals surface area contributed by atoms with Crippen molar-refractivity contribution < 1.29 is 4.74 Å². The number of para-hydroxylation sites is 2. The molecule has 3 nitrogen and oxygen atoms in total. The van der Waals surface area contributed by atoms with Gasteiger partial charge in [-0.2, -0.15) is 0 Å². The highest BCUT2D eigenvalue weighted by molar-refractivity contribution is 5.80. The lowest BCUT2D eigenvalue weighted by molar-refractivity contribution is 0.415. The van der Waals surface area contributed by atoms with Gasteiger partial charge in [-0.25, -0.2) is 4.98 Å². The highest BCUT2D eigenvalue weighted by atomic mass is 16.5. The number of methoxy groups -OCH3 is 1. The summed E-state index contributed by atoms with van der Waals surface area (Å²) in [6, 6.07) is 16.6. The van der Waals surface area contributed by atoms with E-state index >= 15 is 0 Å². The molecule has 0 spiro atoms. The minimum Gasteiger partial charge on any atom is -0.497 e. The summed E-state index contributed by atoms with van der Waals surface area (Å²) in [6.45, 7) is 3.28. The maximum atomic E-state index is 5.40. The zero-order chi connectivity index (χ0) is 18.2. The summed E-state index contributed by atoms with van der Waals surface area (Å²) in [5.74, 6) is 1.91. The molecule has 0 aliphatic heterocycles. The first kappa shape index (κ1) is 18.5. The summed E-state index contributed by atoms with van der Waals surface area (Å²) in [5, 5.41) is 0. The molecule has 26 heavy (non-hydrogen) atoms. The second kappa shape index (κ2) is 9.42. The Morgan fingerprint density at radius 1 is 0.885 bits per heavy atom. The summed E-state index contributed by atoms with van der Waals surface area (Å²) in [5.41, 5.74) is 3.40. The molecule has 3 heteroatoms. The zero-order valence-corrected chi connectivity index (χ0v) is 16.1. The fourth-order valence-corrected chi connectivity index (χ4v) is 3.51. The van der Waals surface area contributed by atoms with Gasteiger partial charge in [0.1, 0.15) is 11.6 Å². The Morgan fingerprint density at radius 3 is 2.46 bits per heavy atom. The van der Waals surface area contributed by atoms with Crippen LogP contribution >= 0.6 is 0 Å². The second-order valence-corrected chi connectivity index (χ2v) is 6.93. The second-order valence-electron chi connectivity index (χ2n) is 6.93. The standard InChI is InChI=1S/C23H30N2O/c1-3-4-5-6-7-8-11-17-25-22-16-10-9-15-21(22)24-23(25)19-13-12-14-20(18-19)26-2/h9-10,12-16,18H,3-8,11,17H2,1-2H3. The number of aromatic nitrogens is 2. The maximum absolute atomic E-state index is 5.40. The third-order valence-electron chi connectivity index (χ3n) is 4.97. The van der Waals surface area contributed by atoms with Crippen LogP contribution in [-0.2, 0) is 6.54 Å². The van der Waals surface area contributed by atoms with Gasteiger partial charge in [0.05, 0.1) is 18.1 Å². The Hall–Kier alpha value is -2.29. The summed E-state index contributed by atoms with van der Waals surface area (Å²) in [7, 11) is 1.71. The number of aryl methyl sites for hydroxylation is 1. The highest BCUT2D eigenvalue weighted by Gasteiger charge is 2.12. The number of unbranched alkanes of at least 4 members (excludes halogenated alkanes) is 6. The van der Waals surface area contributed by atoms with E-state index in [1.165, 1.54) is 50.5 Å². The molecule has 0 amide bonds. The highest BCUT2D eigenvalue weighted by Crippen LogP contribution is 2.28. The predicted octanol–water partition coefficient (Wildman–Crippen LogP) is 6.46. The van der Waals surface area contributed by atoms with Crippen molar-refractivity contribution in [3.05, 3.63) is 48.5 Å². The van der Waals surface area contributed by atoms with Gasteiger partial charge in [-0.1, -0.05) is 69.7 Å². The van der Waals surface area contributed by atoms with Crippen LogP contribution in [0.4, 0.5) is 0 Å². The van der Waals surface area contributed by atoms with Crippen LogP contribution in [0.1, 0.15) is 51.9 Å². The molecule has 0 bridgehead atoms. The van der Waals surface area contributed by atoms with E-state index in [1.807, 2.05) is 12.1 Å². The number of fused-ring (bicyclic) bond motifs is 1. The number of hydrogen-bond acceptors (Lipinski definition) is 2. The summed E-state index contributed by atoms with van der Waals surface area (Å²) in [6.07, 6.45) is 9.23. The molecule has 3 rings (SSSR count). The third kappa shape index (κ3) is 4.46. The molecule has 138 valence electrons. The van der Waals surface area contributed by atoms with E-state index < -0.39 is 0 Å². The van der Waals surface area contributed by atoms with Crippen molar-refractivity contribution in [3.63, 3.8) is 0 Å². The Morgan fingerprint density at radius 2 is 1.65 bits per heavy atom. The topological polar surface area (TPSA) is 27.1 Å². The van der Waals surface area contributed by atoms with Crippen LogP contribution in [0.2, 0.25) is 0 Å². The lowest BCUT2D eigenvalue weighted by Crippen LogP contribution is -2.01. The molecular weight excluding hydrogens is 320 g/mol. The van der Waals surface area contributed by atoms with E-state index in [0.29, 0.717) is 0 Å². The molecule has 0 fully saturated rings. The molecule has 0 unspecified atom stereocenters. The van der Waals surface area contributed by atoms with Crippen molar-refractivity contribution >= 4 is 11.0 Å². The number of nitrogens with zero attached hydrogens (tertiary/aromatic N) is 2. The first-order valence-corrected chi connectivity index (χ1v) is 9.93. The van der Waals surface area contributed by atoms with Gasteiger partial charge in [0.2, 0.25) is 0 Å². The van der Waals surface area contributed by atoms with Crippen LogP contribution in [0, 0.1) is 0 Å². The Kier molecular flexibility index (Phi) is 6.70. The van der Waals surface area contributed by atoms with Crippen LogP contribution in [0.25, 0.3) is 22.4 Å². The van der Waals surface area contributed by atoms with Crippen molar-refractivity contribution in [3.8, 4) is 17.1 Å². The molecular formula is C23H30N2O. The van der Waals surface area contributed by atoms with Gasteiger partial charge in [-0.15, -0.1) is 0 Å². The number of ether oxygens (including phenoxy) is 1. The maximum Gasteiger partial charge on any atom is 0.141 e. The van der Waals surface area contributed by atoms with Crippen molar-refractivity contribution in [2.24, 2.45) is 0 Å². The average molecular weight is 351 g/mol. The number of rotatable bonds is 10. The first-order chi connectivity index (χ1) is 12.8. The van der Waals surface area contributed by atoms with Gasteiger partial charge in [0.15, 0.2) is 0 Å². The van der Waals surface area contributed by atoms with Crippen molar-refractivity contribution in [1.29, 1.82) is 0 Å². The lowest BCUT2D eigenvalue weighted by atomic mass is 10.1. The van der Waals surface area contributed by atoms with Gasteiger partial charge < -0.3 is 9.30 Å². The van der Waals surface area contributed by atoms with E-state index in [0.717, 1.165) is 29.2 Å². The Balaban J connectivity index is 1.77.